The Morgan fingerprint density at radius 3 is 2.47 bits per heavy atom. The van der Waals surface area contributed by atoms with Gasteiger partial charge in [-0.3, -0.25) is 4.90 Å². The molecule has 1 amide bonds. The average Bonchev–Trinajstić information content (AvgIpc) is 3.30. The zero-order valence-electron chi connectivity index (χ0n) is 28.3. The van der Waals surface area contributed by atoms with Crippen LogP contribution in [0.5, 0.6) is 0 Å². The van der Waals surface area contributed by atoms with Crippen molar-refractivity contribution in [2.45, 2.75) is 84.6 Å². The molecule has 3 fully saturated rings. The van der Waals surface area contributed by atoms with Gasteiger partial charge in [0, 0.05) is 37.2 Å². The minimum Gasteiger partial charge on any atom is -0.445 e. The lowest BCUT2D eigenvalue weighted by atomic mass is 9.65. The van der Waals surface area contributed by atoms with Crippen molar-refractivity contribution in [1.82, 2.24) is 10.2 Å². The Balaban J connectivity index is 1.23. The van der Waals surface area contributed by atoms with E-state index in [1.165, 1.54) is 19.3 Å². The molecule has 0 aromatic heterocycles. The molecule has 3 aliphatic rings. The lowest BCUT2D eigenvalue weighted by molar-refractivity contribution is -0.276. The van der Waals surface area contributed by atoms with Crippen LogP contribution >= 0.6 is 0 Å². The molecule has 47 heavy (non-hydrogen) atoms. The standard InChI is InChI=1S/C40H50N2O5/c1-6-19-45-38(44)41-22-32-9-7-8-10-34(32)29-15-17-31(18-16-29)37-46-35(23-42-26-40(5)21-33(42)20-39(3,4)25-40)27(2)36(47-37)30-13-11-28(24-43)12-14-30/h6-18,27,33,35-37,43H,1,19-26H2,2-5H3,(H,41,44). The largest absolute Gasteiger partial charge is 0.445 e. The Kier molecular flexibility index (Phi) is 9.90. The maximum Gasteiger partial charge on any atom is 0.407 e. The van der Waals surface area contributed by atoms with E-state index in [0.717, 1.165) is 46.5 Å². The highest BCUT2D eigenvalue weighted by Gasteiger charge is 2.51. The number of hydrogen-bond acceptors (Lipinski definition) is 6. The second-order valence-electron chi connectivity index (χ2n) is 15.0. The quantitative estimate of drug-likeness (QED) is 0.220. The van der Waals surface area contributed by atoms with Crippen LogP contribution in [-0.2, 0) is 27.4 Å². The summed E-state index contributed by atoms with van der Waals surface area (Å²) in [5.41, 5.74) is 6.76. The Morgan fingerprint density at radius 1 is 1.02 bits per heavy atom. The molecule has 6 rings (SSSR count). The fourth-order valence-corrected chi connectivity index (χ4v) is 8.48. The van der Waals surface area contributed by atoms with Gasteiger partial charge < -0.3 is 24.6 Å². The highest BCUT2D eigenvalue weighted by atomic mass is 16.7. The smallest absolute Gasteiger partial charge is 0.407 e. The molecule has 3 aromatic carbocycles. The second kappa shape index (κ2) is 13.9. The van der Waals surface area contributed by atoms with E-state index < -0.39 is 12.4 Å². The summed E-state index contributed by atoms with van der Waals surface area (Å²) in [5.74, 6) is 0.143. The number of nitrogens with one attached hydrogen (secondary N) is 1. The fraction of sp³-hybridized carbons (Fsp3) is 0.475. The number of ether oxygens (including phenoxy) is 3. The monoisotopic (exact) mass is 638 g/mol. The van der Waals surface area contributed by atoms with E-state index in [9.17, 15) is 9.90 Å². The van der Waals surface area contributed by atoms with Crippen LogP contribution in [0, 0.1) is 16.7 Å². The van der Waals surface area contributed by atoms with Crippen LogP contribution < -0.4 is 5.32 Å². The molecule has 7 heteroatoms. The highest BCUT2D eigenvalue weighted by Crippen LogP contribution is 2.53. The highest BCUT2D eigenvalue weighted by molar-refractivity contribution is 5.70. The predicted octanol–water partition coefficient (Wildman–Crippen LogP) is 7.95. The van der Waals surface area contributed by atoms with Crippen molar-refractivity contribution < 1.29 is 24.1 Å². The first-order chi connectivity index (χ1) is 22.6. The Morgan fingerprint density at radius 2 is 1.74 bits per heavy atom. The first-order valence-electron chi connectivity index (χ1n) is 17.0. The number of aliphatic hydroxyl groups is 1. The molecule has 6 atom stereocenters. The van der Waals surface area contributed by atoms with Crippen LogP contribution in [-0.4, -0.2) is 47.9 Å². The number of carbonyl (C=O) groups is 1. The number of fused-ring (bicyclic) bond motifs is 2. The number of carbonyl (C=O) groups excluding carboxylic acids is 1. The average molecular weight is 639 g/mol. The maximum absolute atomic E-state index is 12.0. The van der Waals surface area contributed by atoms with Crippen molar-refractivity contribution >= 4 is 6.09 Å². The third kappa shape index (κ3) is 7.65. The molecule has 2 bridgehead atoms. The van der Waals surface area contributed by atoms with Crippen LogP contribution in [0.25, 0.3) is 11.1 Å². The number of nitrogens with zero attached hydrogens (tertiary/aromatic N) is 1. The summed E-state index contributed by atoms with van der Waals surface area (Å²) >= 11 is 0. The van der Waals surface area contributed by atoms with Crippen molar-refractivity contribution in [2.24, 2.45) is 16.7 Å². The number of aliphatic hydroxyl groups excluding tert-OH is 1. The predicted molar refractivity (Wildman–Crippen MR) is 184 cm³/mol. The van der Waals surface area contributed by atoms with Gasteiger partial charge in [-0.15, -0.1) is 0 Å². The van der Waals surface area contributed by atoms with Crippen LogP contribution in [0.4, 0.5) is 4.79 Å². The lowest BCUT2D eigenvalue weighted by Gasteiger charge is -2.43. The van der Waals surface area contributed by atoms with E-state index in [0.29, 0.717) is 23.4 Å². The van der Waals surface area contributed by atoms with Gasteiger partial charge in [0.1, 0.15) is 6.61 Å². The molecular weight excluding hydrogens is 588 g/mol. The molecular formula is C40H50N2O5. The number of rotatable bonds is 10. The van der Waals surface area contributed by atoms with E-state index in [4.69, 9.17) is 14.2 Å². The van der Waals surface area contributed by atoms with E-state index in [-0.39, 0.29) is 31.3 Å². The van der Waals surface area contributed by atoms with E-state index in [1.807, 2.05) is 30.3 Å². The van der Waals surface area contributed by atoms with Gasteiger partial charge in [0.05, 0.1) is 18.8 Å². The summed E-state index contributed by atoms with van der Waals surface area (Å²) < 4.78 is 18.7. The Hall–Kier alpha value is -3.49. The van der Waals surface area contributed by atoms with Crippen LogP contribution in [0.15, 0.2) is 85.5 Å². The first-order valence-corrected chi connectivity index (χ1v) is 17.0. The summed E-state index contributed by atoms with van der Waals surface area (Å²) in [4.78, 5) is 14.7. The first kappa shape index (κ1) is 33.4. The molecule has 250 valence electrons. The van der Waals surface area contributed by atoms with E-state index in [2.05, 4.69) is 87.0 Å². The fourth-order valence-electron chi connectivity index (χ4n) is 8.48. The van der Waals surface area contributed by atoms with Crippen molar-refractivity contribution in [3.63, 3.8) is 0 Å². The Labute approximate surface area is 279 Å². The van der Waals surface area contributed by atoms with Gasteiger partial charge in [-0.2, -0.15) is 0 Å². The van der Waals surface area contributed by atoms with Gasteiger partial charge in [-0.05, 0) is 57.9 Å². The topological polar surface area (TPSA) is 80.3 Å². The van der Waals surface area contributed by atoms with Gasteiger partial charge in [-0.25, -0.2) is 4.79 Å². The van der Waals surface area contributed by atoms with Gasteiger partial charge in [0.2, 0.25) is 0 Å². The zero-order valence-corrected chi connectivity index (χ0v) is 28.3. The third-order valence-electron chi connectivity index (χ3n) is 10.3. The zero-order chi connectivity index (χ0) is 33.2. The summed E-state index contributed by atoms with van der Waals surface area (Å²) in [7, 11) is 0. The molecule has 7 nitrogen and oxygen atoms in total. The molecule has 2 heterocycles. The number of alkyl carbamates (subject to hydrolysis) is 1. The van der Waals surface area contributed by atoms with Crippen molar-refractivity contribution in [3.8, 4) is 11.1 Å². The summed E-state index contributed by atoms with van der Waals surface area (Å²) in [6, 6.07) is 25.1. The number of amides is 1. The van der Waals surface area contributed by atoms with Gasteiger partial charge in [-0.1, -0.05) is 113 Å². The molecule has 2 N–H and O–H groups in total. The van der Waals surface area contributed by atoms with Gasteiger partial charge >= 0.3 is 6.09 Å². The van der Waals surface area contributed by atoms with Crippen LogP contribution in [0.2, 0.25) is 0 Å². The lowest BCUT2D eigenvalue weighted by Crippen LogP contribution is -2.46. The normalized spacial score (nSPS) is 28.5. The molecule has 2 saturated heterocycles. The second-order valence-corrected chi connectivity index (χ2v) is 15.0. The molecule has 0 radical (unpaired) electrons. The van der Waals surface area contributed by atoms with E-state index >= 15 is 0 Å². The van der Waals surface area contributed by atoms with Crippen molar-refractivity contribution in [1.29, 1.82) is 0 Å². The van der Waals surface area contributed by atoms with Crippen molar-refractivity contribution in [2.75, 3.05) is 19.7 Å². The summed E-state index contributed by atoms with van der Waals surface area (Å²) in [5, 5.41) is 12.5. The van der Waals surface area contributed by atoms with Gasteiger partial charge in [0.25, 0.3) is 0 Å². The maximum atomic E-state index is 12.0. The van der Waals surface area contributed by atoms with E-state index in [1.54, 1.807) is 6.08 Å². The van der Waals surface area contributed by atoms with Crippen LogP contribution in [0.1, 0.15) is 81.6 Å². The molecule has 3 aromatic rings. The molecule has 1 aliphatic carbocycles. The molecule has 0 spiro atoms. The van der Waals surface area contributed by atoms with Crippen LogP contribution in [0.3, 0.4) is 0 Å². The summed E-state index contributed by atoms with van der Waals surface area (Å²) in [6.07, 6.45) is 4.17. The molecule has 2 aliphatic heterocycles. The minimum absolute atomic E-state index is 0.00495. The number of hydrogen-bond donors (Lipinski definition) is 2. The number of benzene rings is 3. The number of likely N-dealkylation sites (tertiary alicyclic amines) is 1. The molecule has 1 saturated carbocycles. The third-order valence-corrected chi connectivity index (χ3v) is 10.3. The van der Waals surface area contributed by atoms with Crippen molar-refractivity contribution in [3.05, 3.63) is 108 Å². The minimum atomic E-state index is -0.515. The SMILES string of the molecule is C=CCOC(=O)NCc1ccccc1-c1ccc(C2OC(CN3CC4(C)CC3CC(C)(C)C4)C(C)C(c3ccc(CO)cc3)O2)cc1. The Bertz CT molecular complexity index is 1540. The molecule has 6 unspecified atom stereocenters. The summed E-state index contributed by atoms with van der Waals surface area (Å²) in [6.45, 7) is 15.7. The van der Waals surface area contributed by atoms with Gasteiger partial charge in [0.15, 0.2) is 6.29 Å².